The van der Waals surface area contributed by atoms with E-state index in [1.807, 2.05) is 52.7 Å². The van der Waals surface area contributed by atoms with E-state index in [1.54, 1.807) is 0 Å². The quantitative estimate of drug-likeness (QED) is 0.181. The molecule has 3 saturated heterocycles. The van der Waals surface area contributed by atoms with Crippen molar-refractivity contribution in [2.45, 2.75) is 87.3 Å². The molecule has 2 aliphatic carbocycles. The van der Waals surface area contributed by atoms with Gasteiger partial charge < -0.3 is 29.4 Å². The van der Waals surface area contributed by atoms with Gasteiger partial charge in [0.15, 0.2) is 18.9 Å². The molecule has 2 amide bonds. The van der Waals surface area contributed by atoms with Gasteiger partial charge in [0, 0.05) is 28.3 Å². The topological polar surface area (TPSA) is 145 Å². The second-order valence-electron chi connectivity index (χ2n) is 12.7. The van der Waals surface area contributed by atoms with Gasteiger partial charge in [-0.3, -0.25) is 19.3 Å². The molecule has 2 aromatic heterocycles. The SMILES string of the molecule is O=C(Cc1cccs1)N[C@@H]1C(=O)N2C(C(=O)[O-])=C(C[n+]3ccccc3)CS[C@H]12.O=C(OCC1CCC2OC2C1)C1CCC2OC2C1. The lowest BCUT2D eigenvalue weighted by Gasteiger charge is -2.50. The Bertz CT molecular complexity index is 1500. The van der Waals surface area contributed by atoms with Gasteiger partial charge in [-0.2, -0.15) is 0 Å². The number of esters is 1. The number of aliphatic carboxylic acids is 1. The minimum Gasteiger partial charge on any atom is -0.543 e. The van der Waals surface area contributed by atoms with Crippen LogP contribution in [0.25, 0.3) is 0 Å². The molecule has 6 heterocycles. The van der Waals surface area contributed by atoms with Crippen molar-refractivity contribution >= 4 is 46.9 Å². The molecule has 5 fully saturated rings. The van der Waals surface area contributed by atoms with Crippen LogP contribution in [0, 0.1) is 11.8 Å². The summed E-state index contributed by atoms with van der Waals surface area (Å²) in [5, 5.41) is 16.0. The van der Waals surface area contributed by atoms with Crippen LogP contribution in [-0.4, -0.2) is 76.8 Å². The number of rotatable bonds is 9. The first-order valence-corrected chi connectivity index (χ1v) is 17.9. The van der Waals surface area contributed by atoms with E-state index >= 15 is 0 Å². The Hall–Kier alpha value is -3.26. The molecule has 2 saturated carbocycles. The van der Waals surface area contributed by atoms with Gasteiger partial charge in [0.05, 0.1) is 55.0 Å². The summed E-state index contributed by atoms with van der Waals surface area (Å²) < 4.78 is 18.3. The fourth-order valence-corrected chi connectivity index (χ4v) is 8.96. The standard InChI is InChI=1S/C19H17N3O4S2.C14H20O4/c23-14(9-13-5-4-8-27-13)20-15-17(24)22-16(19(25)26)12(11-28-18(15)22)10-21-6-2-1-3-7-21;15-14(9-2-4-11-13(6-9)18-11)16-7-8-1-3-10-12(5-8)17-10/h1-8,15,18H,9-11H2,(H-,20,23,25,26);8-13H,1-7H2/t15-,18-;/m1./s1. The number of carboxylic acids is 1. The largest absolute Gasteiger partial charge is 0.543 e. The van der Waals surface area contributed by atoms with Gasteiger partial charge in [-0.1, -0.05) is 12.1 Å². The maximum absolute atomic E-state index is 12.6. The number of thioether (sulfide) groups is 1. The number of hydrogen-bond donors (Lipinski definition) is 1. The molecule has 4 aliphatic heterocycles. The van der Waals surface area contributed by atoms with Crippen molar-refractivity contribution in [1.29, 1.82) is 0 Å². The molecule has 0 spiro atoms. The summed E-state index contributed by atoms with van der Waals surface area (Å²) in [6.07, 6.45) is 11.9. The second-order valence-corrected chi connectivity index (χ2v) is 14.9. The predicted molar refractivity (Wildman–Crippen MR) is 165 cm³/mol. The number of nitrogens with one attached hydrogen (secondary N) is 1. The van der Waals surface area contributed by atoms with E-state index in [-0.39, 0.29) is 29.9 Å². The summed E-state index contributed by atoms with van der Waals surface area (Å²) in [4.78, 5) is 50.8. The van der Waals surface area contributed by atoms with Crippen molar-refractivity contribution in [2.24, 2.45) is 11.8 Å². The highest BCUT2D eigenvalue weighted by Crippen LogP contribution is 2.42. The molecule has 0 bridgehead atoms. The Balaban J connectivity index is 0.000000161. The third kappa shape index (κ3) is 7.02. The van der Waals surface area contributed by atoms with Crippen molar-refractivity contribution < 1.29 is 43.1 Å². The number of fused-ring (bicyclic) bond motifs is 3. The highest BCUT2D eigenvalue weighted by atomic mass is 32.2. The van der Waals surface area contributed by atoms with Crippen LogP contribution in [-0.2, 0) is 46.4 Å². The van der Waals surface area contributed by atoms with Crippen LogP contribution < -0.4 is 15.0 Å². The lowest BCUT2D eigenvalue weighted by molar-refractivity contribution is -0.689. The van der Waals surface area contributed by atoms with Crippen molar-refractivity contribution in [1.82, 2.24) is 10.2 Å². The van der Waals surface area contributed by atoms with Crippen LogP contribution in [0.5, 0.6) is 0 Å². The number of thiophene rings is 1. The Kier molecular flexibility index (Phi) is 9.17. The zero-order valence-corrected chi connectivity index (χ0v) is 26.9. The molecule has 11 nitrogen and oxygen atoms in total. The molecule has 244 valence electrons. The van der Waals surface area contributed by atoms with E-state index in [4.69, 9.17) is 14.2 Å². The Morgan fingerprint density at radius 2 is 1.76 bits per heavy atom. The number of nitrogens with zero attached hydrogens (tertiary/aromatic N) is 2. The molecule has 6 unspecified atom stereocenters. The van der Waals surface area contributed by atoms with Crippen LogP contribution in [0.3, 0.4) is 0 Å². The van der Waals surface area contributed by atoms with E-state index in [9.17, 15) is 24.3 Å². The minimum atomic E-state index is -1.37. The highest BCUT2D eigenvalue weighted by molar-refractivity contribution is 8.00. The molecule has 8 atom stereocenters. The molecule has 13 heteroatoms. The van der Waals surface area contributed by atoms with E-state index in [1.165, 1.54) is 28.0 Å². The normalized spacial score (nSPS) is 32.0. The van der Waals surface area contributed by atoms with Crippen molar-refractivity contribution in [3.05, 3.63) is 64.3 Å². The first-order valence-electron chi connectivity index (χ1n) is 16.0. The van der Waals surface area contributed by atoms with Crippen molar-refractivity contribution in [3.8, 4) is 0 Å². The van der Waals surface area contributed by atoms with Gasteiger partial charge in [0.2, 0.25) is 5.91 Å². The van der Waals surface area contributed by atoms with Crippen molar-refractivity contribution in [2.75, 3.05) is 12.4 Å². The van der Waals surface area contributed by atoms with Gasteiger partial charge in [-0.05, 0) is 55.9 Å². The average Bonchev–Trinajstić information content (AvgIpc) is 3.97. The van der Waals surface area contributed by atoms with E-state index in [2.05, 4.69) is 5.32 Å². The van der Waals surface area contributed by atoms with E-state index in [0.29, 0.717) is 54.8 Å². The Morgan fingerprint density at radius 1 is 1.00 bits per heavy atom. The molecular weight excluding hydrogens is 631 g/mol. The van der Waals surface area contributed by atoms with Crippen LogP contribution in [0.2, 0.25) is 0 Å². The number of carbonyl (C=O) groups excluding carboxylic acids is 4. The zero-order valence-electron chi connectivity index (χ0n) is 25.3. The monoisotopic (exact) mass is 667 g/mol. The molecule has 46 heavy (non-hydrogen) atoms. The lowest BCUT2D eigenvalue weighted by atomic mass is 9.89. The fourth-order valence-electron chi connectivity index (χ4n) is 6.92. The van der Waals surface area contributed by atoms with Crippen LogP contribution in [0.1, 0.15) is 43.4 Å². The van der Waals surface area contributed by atoms with Crippen LogP contribution in [0.4, 0.5) is 0 Å². The third-order valence-corrected chi connectivity index (χ3v) is 11.8. The molecule has 2 aromatic rings. The lowest BCUT2D eigenvalue weighted by Crippen LogP contribution is -2.71. The number of carbonyl (C=O) groups is 4. The summed E-state index contributed by atoms with van der Waals surface area (Å²) >= 11 is 2.93. The van der Waals surface area contributed by atoms with Crippen molar-refractivity contribution in [3.63, 3.8) is 0 Å². The maximum Gasteiger partial charge on any atom is 0.309 e. The van der Waals surface area contributed by atoms with E-state index in [0.717, 1.165) is 43.4 Å². The summed E-state index contributed by atoms with van der Waals surface area (Å²) in [5.41, 5.74) is 0.544. The second kappa shape index (κ2) is 13.5. The fraction of sp³-hybridized carbons (Fsp3) is 0.545. The average molecular weight is 668 g/mol. The number of amides is 2. The van der Waals surface area contributed by atoms with Gasteiger partial charge in [-0.25, -0.2) is 4.57 Å². The van der Waals surface area contributed by atoms with Gasteiger partial charge in [0.1, 0.15) is 11.4 Å². The highest BCUT2D eigenvalue weighted by Gasteiger charge is 2.53. The number of ether oxygens (including phenoxy) is 3. The number of β-lactam (4-membered cyclic amide) rings is 1. The smallest absolute Gasteiger partial charge is 0.309 e. The summed E-state index contributed by atoms with van der Waals surface area (Å²) in [7, 11) is 0. The summed E-state index contributed by atoms with van der Waals surface area (Å²) in [6, 6.07) is 8.59. The number of aromatic nitrogens is 1. The number of epoxide rings is 2. The summed E-state index contributed by atoms with van der Waals surface area (Å²) in [6.45, 7) is 0.958. The van der Waals surface area contributed by atoms with Crippen LogP contribution in [0.15, 0.2) is 59.4 Å². The molecular formula is C33H37N3O8S2. The van der Waals surface area contributed by atoms with E-state index < -0.39 is 23.3 Å². The maximum atomic E-state index is 12.6. The Labute approximate surface area is 275 Å². The number of pyridine rings is 1. The molecule has 1 N–H and O–H groups in total. The van der Waals surface area contributed by atoms with Crippen LogP contribution >= 0.6 is 23.1 Å². The minimum absolute atomic E-state index is 0.00258. The summed E-state index contributed by atoms with van der Waals surface area (Å²) in [5.74, 6) is -0.960. The molecule has 8 rings (SSSR count). The predicted octanol–water partition coefficient (Wildman–Crippen LogP) is 1.35. The third-order valence-electron chi connectivity index (χ3n) is 9.53. The zero-order chi connectivity index (χ0) is 31.8. The van der Waals surface area contributed by atoms with Gasteiger partial charge in [0.25, 0.3) is 5.91 Å². The number of hydrogen-bond acceptors (Lipinski definition) is 10. The number of carboxylic acid groups (broad SMARTS) is 1. The molecule has 0 aromatic carbocycles. The van der Waals surface area contributed by atoms with Gasteiger partial charge in [-0.15, -0.1) is 23.1 Å². The first-order chi connectivity index (χ1) is 22.3. The Morgan fingerprint density at radius 3 is 2.46 bits per heavy atom. The molecule has 6 aliphatic rings. The molecule has 0 radical (unpaired) electrons. The first kappa shape index (κ1) is 31.3. The van der Waals surface area contributed by atoms with Gasteiger partial charge >= 0.3 is 5.97 Å².